The van der Waals surface area contributed by atoms with Gasteiger partial charge in [-0.3, -0.25) is 14.2 Å². The molecule has 3 atom stereocenters. The normalized spacial score (nSPS) is 24.5. The lowest BCUT2D eigenvalue weighted by atomic mass is 9.84. The molecule has 0 bridgehead atoms. The Labute approximate surface area is 217 Å². The van der Waals surface area contributed by atoms with Gasteiger partial charge in [-0.15, -0.1) is 0 Å². The third-order valence-corrected chi connectivity index (χ3v) is 7.86. The highest BCUT2D eigenvalue weighted by Crippen LogP contribution is 2.50. The molecule has 37 heavy (non-hydrogen) atoms. The molecule has 7 heteroatoms. The van der Waals surface area contributed by atoms with E-state index in [-0.39, 0.29) is 36.7 Å². The van der Waals surface area contributed by atoms with Crippen LogP contribution in [0.3, 0.4) is 0 Å². The van der Waals surface area contributed by atoms with Crippen LogP contribution in [0.2, 0.25) is 0 Å². The maximum Gasteiger partial charge on any atom is 0.134 e. The minimum absolute atomic E-state index is 0.0422. The number of benzene rings is 2. The number of likely N-dealkylation sites (tertiary alicyclic amines) is 1. The van der Waals surface area contributed by atoms with E-state index < -0.39 is 23.3 Å². The van der Waals surface area contributed by atoms with Crippen LogP contribution in [0.4, 0.5) is 17.6 Å². The second kappa shape index (κ2) is 10.4. The maximum absolute atomic E-state index is 15.8. The van der Waals surface area contributed by atoms with Gasteiger partial charge in [0.25, 0.3) is 0 Å². The molecular weight excluding hydrogens is 480 g/mol. The molecule has 0 radical (unpaired) electrons. The van der Waals surface area contributed by atoms with Crippen LogP contribution >= 0.6 is 0 Å². The van der Waals surface area contributed by atoms with Gasteiger partial charge < -0.3 is 4.74 Å². The van der Waals surface area contributed by atoms with Crippen LogP contribution in [0.5, 0.6) is 5.75 Å². The van der Waals surface area contributed by atoms with Gasteiger partial charge in [0.2, 0.25) is 0 Å². The van der Waals surface area contributed by atoms with Crippen LogP contribution in [0.15, 0.2) is 42.0 Å². The molecule has 0 amide bonds. The van der Waals surface area contributed by atoms with Gasteiger partial charge in [0, 0.05) is 49.9 Å². The average molecular weight is 517 g/mol. The van der Waals surface area contributed by atoms with E-state index in [9.17, 15) is 8.78 Å². The predicted octanol–water partition coefficient (Wildman–Crippen LogP) is 6.67. The number of hydrogen-bond donors (Lipinski definition) is 0. The van der Waals surface area contributed by atoms with E-state index in [0.29, 0.717) is 32.4 Å². The third kappa shape index (κ3) is 5.44. The highest BCUT2D eigenvalue weighted by atomic mass is 19.1. The number of nitrogens with zero attached hydrogens (tertiary/aromatic N) is 2. The Morgan fingerprint density at radius 2 is 1.84 bits per heavy atom. The van der Waals surface area contributed by atoms with E-state index in [4.69, 9.17) is 4.74 Å². The molecule has 1 saturated heterocycles. The fraction of sp³-hybridized carbons (Fsp3) is 0.533. The van der Waals surface area contributed by atoms with Crippen molar-refractivity contribution in [3.63, 3.8) is 0 Å². The Kier molecular flexibility index (Phi) is 7.38. The van der Waals surface area contributed by atoms with Crippen molar-refractivity contribution < 1.29 is 22.3 Å². The number of rotatable bonds is 8. The molecule has 200 valence electrons. The van der Waals surface area contributed by atoms with Gasteiger partial charge in [-0.1, -0.05) is 24.3 Å². The fourth-order valence-electron chi connectivity index (χ4n) is 6.31. The molecule has 0 aromatic heterocycles. The van der Waals surface area contributed by atoms with Crippen LogP contribution in [-0.4, -0.2) is 60.5 Å². The standard InChI is InChI=1S/C30H36F4N2O/c1-19-13-24-23-8-5-4-7-20(23)14-25(24)29(36(19)18-30(2,3)34)28-26(32)15-22(16-27(28)33)37-21-9-12-35(17-21)11-6-10-31/h4-5,7-8,15-16,19,21,29H,6,9-14,17-18H2,1-3H3/t19?,21-,29?/m0/s1. The summed E-state index contributed by atoms with van der Waals surface area (Å²) < 4.78 is 65.0. The summed E-state index contributed by atoms with van der Waals surface area (Å²) in [6.07, 6.45) is 2.31. The molecule has 1 fully saturated rings. The van der Waals surface area contributed by atoms with Crippen LogP contribution in [0.1, 0.15) is 62.8 Å². The lowest BCUT2D eigenvalue weighted by Crippen LogP contribution is -2.47. The van der Waals surface area contributed by atoms with Crippen molar-refractivity contribution in [2.24, 2.45) is 0 Å². The Hall–Kier alpha value is -2.38. The number of hydrogen-bond acceptors (Lipinski definition) is 3. The summed E-state index contributed by atoms with van der Waals surface area (Å²) >= 11 is 0. The minimum atomic E-state index is -1.53. The summed E-state index contributed by atoms with van der Waals surface area (Å²) in [5.74, 6) is -1.20. The lowest BCUT2D eigenvalue weighted by Gasteiger charge is -2.44. The van der Waals surface area contributed by atoms with Crippen molar-refractivity contribution >= 4 is 5.57 Å². The summed E-state index contributed by atoms with van der Waals surface area (Å²) in [6, 6.07) is 9.84. The van der Waals surface area contributed by atoms with E-state index in [1.165, 1.54) is 26.0 Å². The summed E-state index contributed by atoms with van der Waals surface area (Å²) in [7, 11) is 0. The number of fused-ring (bicyclic) bond motifs is 2. The van der Waals surface area contributed by atoms with Crippen molar-refractivity contribution in [3.8, 4) is 5.75 Å². The zero-order valence-electron chi connectivity index (χ0n) is 21.9. The summed E-state index contributed by atoms with van der Waals surface area (Å²) in [6.45, 7) is 6.76. The molecule has 3 aliphatic rings. The molecule has 2 aromatic carbocycles. The van der Waals surface area contributed by atoms with Crippen molar-refractivity contribution in [1.82, 2.24) is 9.80 Å². The molecule has 0 N–H and O–H groups in total. The topological polar surface area (TPSA) is 15.7 Å². The minimum Gasteiger partial charge on any atom is -0.489 e. The molecule has 5 rings (SSSR count). The quantitative estimate of drug-likeness (QED) is 0.365. The first-order valence-corrected chi connectivity index (χ1v) is 13.3. The summed E-state index contributed by atoms with van der Waals surface area (Å²) in [5.41, 5.74) is 2.79. The Morgan fingerprint density at radius 3 is 2.54 bits per heavy atom. The molecule has 2 heterocycles. The van der Waals surface area contributed by atoms with Gasteiger partial charge in [-0.2, -0.15) is 0 Å². The molecular formula is C30H36F4N2O. The smallest absolute Gasteiger partial charge is 0.134 e. The van der Waals surface area contributed by atoms with E-state index in [2.05, 4.69) is 17.0 Å². The number of ether oxygens (including phenoxy) is 1. The Bertz CT molecular complexity index is 1150. The van der Waals surface area contributed by atoms with E-state index in [1.54, 1.807) is 0 Å². The molecule has 3 nitrogen and oxygen atoms in total. The monoisotopic (exact) mass is 516 g/mol. The first kappa shape index (κ1) is 26.2. The molecule has 2 unspecified atom stereocenters. The number of alkyl halides is 2. The molecule has 2 aromatic rings. The van der Waals surface area contributed by atoms with E-state index in [1.807, 2.05) is 24.0 Å². The van der Waals surface area contributed by atoms with Gasteiger partial charge in [0.1, 0.15) is 29.2 Å². The van der Waals surface area contributed by atoms with Gasteiger partial charge >= 0.3 is 0 Å². The van der Waals surface area contributed by atoms with E-state index in [0.717, 1.165) is 35.2 Å². The van der Waals surface area contributed by atoms with Crippen LogP contribution in [0, 0.1) is 11.6 Å². The van der Waals surface area contributed by atoms with Gasteiger partial charge in [0.05, 0.1) is 12.7 Å². The zero-order chi connectivity index (χ0) is 26.3. The van der Waals surface area contributed by atoms with Crippen molar-refractivity contribution in [1.29, 1.82) is 0 Å². The van der Waals surface area contributed by atoms with Gasteiger partial charge in [-0.25, -0.2) is 13.2 Å². The second-order valence-corrected chi connectivity index (χ2v) is 11.4. The van der Waals surface area contributed by atoms with Crippen LogP contribution in [0.25, 0.3) is 5.57 Å². The molecule has 2 aliphatic heterocycles. The highest BCUT2D eigenvalue weighted by molar-refractivity contribution is 5.79. The average Bonchev–Trinajstić information content (AvgIpc) is 3.42. The van der Waals surface area contributed by atoms with Crippen molar-refractivity contribution in [2.75, 3.05) is 32.9 Å². The van der Waals surface area contributed by atoms with Crippen molar-refractivity contribution in [2.45, 2.75) is 70.3 Å². The first-order valence-electron chi connectivity index (χ1n) is 13.3. The van der Waals surface area contributed by atoms with E-state index >= 15 is 8.78 Å². The van der Waals surface area contributed by atoms with Crippen LogP contribution in [-0.2, 0) is 6.42 Å². The fourth-order valence-corrected chi connectivity index (χ4v) is 6.31. The van der Waals surface area contributed by atoms with Gasteiger partial charge in [-0.05, 0) is 68.7 Å². The highest BCUT2D eigenvalue weighted by Gasteiger charge is 2.43. The van der Waals surface area contributed by atoms with Crippen LogP contribution < -0.4 is 4.74 Å². The maximum atomic E-state index is 15.8. The third-order valence-electron chi connectivity index (χ3n) is 7.86. The Balaban J connectivity index is 1.47. The molecule has 0 spiro atoms. The first-order chi connectivity index (χ1) is 17.6. The summed E-state index contributed by atoms with van der Waals surface area (Å²) in [5, 5.41) is 0. The molecule has 1 aliphatic carbocycles. The molecule has 0 saturated carbocycles. The summed E-state index contributed by atoms with van der Waals surface area (Å²) in [4.78, 5) is 4.03. The van der Waals surface area contributed by atoms with Gasteiger partial charge in [0.15, 0.2) is 0 Å². The largest absolute Gasteiger partial charge is 0.489 e. The Morgan fingerprint density at radius 1 is 1.11 bits per heavy atom. The lowest BCUT2D eigenvalue weighted by molar-refractivity contribution is 0.0676. The number of halogens is 4. The second-order valence-electron chi connectivity index (χ2n) is 11.4. The van der Waals surface area contributed by atoms with Crippen molar-refractivity contribution in [3.05, 3.63) is 70.3 Å². The SMILES string of the molecule is CC1CC2=C(Cc3ccccc32)C(c2c(F)cc(O[C@H]3CCN(CCCF)C3)cc2F)N1CC(C)(C)F. The predicted molar refractivity (Wildman–Crippen MR) is 138 cm³/mol. The zero-order valence-corrected chi connectivity index (χ0v) is 21.9.